The molecule has 96 valence electrons. The molecular formula is C11H18N2O2S2. The van der Waals surface area contributed by atoms with E-state index in [0.29, 0.717) is 6.61 Å². The Morgan fingerprint density at radius 3 is 2.76 bits per heavy atom. The van der Waals surface area contributed by atoms with Crippen molar-refractivity contribution in [2.24, 2.45) is 0 Å². The summed E-state index contributed by atoms with van der Waals surface area (Å²) in [6, 6.07) is 0. The molecule has 4 nitrogen and oxygen atoms in total. The SMILES string of the molecule is CCCC(Sc1nc(CC)ns1)C(=O)OCC. The molecule has 0 aliphatic carbocycles. The third-order valence-electron chi connectivity index (χ3n) is 2.11. The summed E-state index contributed by atoms with van der Waals surface area (Å²) in [7, 11) is 0. The van der Waals surface area contributed by atoms with Gasteiger partial charge in [-0.25, -0.2) is 4.98 Å². The molecule has 0 saturated heterocycles. The van der Waals surface area contributed by atoms with Gasteiger partial charge in [0.15, 0.2) is 4.34 Å². The Hall–Kier alpha value is -0.620. The zero-order valence-electron chi connectivity index (χ0n) is 10.4. The van der Waals surface area contributed by atoms with Crippen molar-refractivity contribution in [3.05, 3.63) is 5.82 Å². The number of hydrogen-bond acceptors (Lipinski definition) is 6. The minimum absolute atomic E-state index is 0.146. The van der Waals surface area contributed by atoms with Crippen molar-refractivity contribution in [1.29, 1.82) is 0 Å². The fraction of sp³-hybridized carbons (Fsp3) is 0.727. The molecule has 0 radical (unpaired) electrons. The zero-order valence-corrected chi connectivity index (χ0v) is 12.1. The summed E-state index contributed by atoms with van der Waals surface area (Å²) in [6.07, 6.45) is 2.59. The van der Waals surface area contributed by atoms with E-state index in [1.165, 1.54) is 23.3 Å². The van der Waals surface area contributed by atoms with Crippen LogP contribution >= 0.6 is 23.3 Å². The van der Waals surface area contributed by atoms with Gasteiger partial charge in [-0.05, 0) is 24.9 Å². The van der Waals surface area contributed by atoms with Gasteiger partial charge in [-0.3, -0.25) is 4.79 Å². The largest absolute Gasteiger partial charge is 0.465 e. The average Bonchev–Trinajstić information content (AvgIpc) is 2.76. The first kappa shape index (κ1) is 14.4. The van der Waals surface area contributed by atoms with Gasteiger partial charge in [0, 0.05) is 6.42 Å². The Labute approximate surface area is 110 Å². The van der Waals surface area contributed by atoms with Crippen LogP contribution in [0.15, 0.2) is 4.34 Å². The molecule has 0 amide bonds. The second kappa shape index (κ2) is 7.66. The maximum atomic E-state index is 11.7. The van der Waals surface area contributed by atoms with Gasteiger partial charge in [-0.2, -0.15) is 4.37 Å². The number of aryl methyl sites for hydroxylation is 1. The second-order valence-corrected chi connectivity index (χ2v) is 5.68. The van der Waals surface area contributed by atoms with Crippen LogP contribution in [0.1, 0.15) is 39.4 Å². The average molecular weight is 274 g/mol. The van der Waals surface area contributed by atoms with Crippen molar-refractivity contribution in [2.45, 2.75) is 49.6 Å². The first-order valence-corrected chi connectivity index (χ1v) is 7.52. The minimum atomic E-state index is -0.155. The third kappa shape index (κ3) is 4.63. The number of carbonyl (C=O) groups excluding carboxylic acids is 1. The second-order valence-electron chi connectivity index (χ2n) is 3.48. The Bertz CT molecular complexity index is 355. The molecule has 6 heteroatoms. The molecular weight excluding hydrogens is 256 g/mol. The molecule has 1 aromatic rings. The van der Waals surface area contributed by atoms with Crippen LogP contribution in [0.5, 0.6) is 0 Å². The number of rotatable bonds is 7. The normalized spacial score (nSPS) is 12.4. The van der Waals surface area contributed by atoms with Crippen molar-refractivity contribution in [2.75, 3.05) is 6.61 Å². The monoisotopic (exact) mass is 274 g/mol. The van der Waals surface area contributed by atoms with E-state index in [0.717, 1.165) is 29.4 Å². The summed E-state index contributed by atoms with van der Waals surface area (Å²) in [5.74, 6) is 0.698. The molecule has 1 atom stereocenters. The number of esters is 1. The molecule has 1 rings (SSSR count). The molecule has 0 fully saturated rings. The van der Waals surface area contributed by atoms with Crippen molar-refractivity contribution in [3.8, 4) is 0 Å². The zero-order chi connectivity index (χ0) is 12.7. The highest BCUT2D eigenvalue weighted by molar-refractivity contribution is 8.02. The molecule has 1 heterocycles. The molecule has 0 bridgehead atoms. The Kier molecular flexibility index (Phi) is 6.50. The highest BCUT2D eigenvalue weighted by Crippen LogP contribution is 2.28. The predicted molar refractivity (Wildman–Crippen MR) is 70.5 cm³/mol. The molecule has 0 aliphatic rings. The predicted octanol–water partition coefficient (Wildman–Crippen LogP) is 2.92. The maximum Gasteiger partial charge on any atom is 0.319 e. The lowest BCUT2D eigenvalue weighted by molar-refractivity contribution is -0.142. The van der Waals surface area contributed by atoms with Crippen molar-refractivity contribution >= 4 is 29.3 Å². The lowest BCUT2D eigenvalue weighted by Gasteiger charge is -2.11. The molecule has 0 aliphatic heterocycles. The van der Waals surface area contributed by atoms with Gasteiger partial charge in [0.1, 0.15) is 11.1 Å². The van der Waals surface area contributed by atoms with Gasteiger partial charge in [-0.15, -0.1) is 0 Å². The van der Waals surface area contributed by atoms with Gasteiger partial charge in [0.05, 0.1) is 6.61 Å². The first-order valence-electron chi connectivity index (χ1n) is 5.87. The van der Waals surface area contributed by atoms with Crippen LogP contribution in [0.3, 0.4) is 0 Å². The highest BCUT2D eigenvalue weighted by atomic mass is 32.2. The van der Waals surface area contributed by atoms with E-state index in [9.17, 15) is 4.79 Å². The Morgan fingerprint density at radius 1 is 1.47 bits per heavy atom. The first-order chi connectivity index (χ1) is 8.21. The van der Waals surface area contributed by atoms with Crippen LogP contribution in [-0.2, 0) is 16.0 Å². The quantitative estimate of drug-likeness (QED) is 0.565. The lowest BCUT2D eigenvalue weighted by atomic mass is 10.2. The van der Waals surface area contributed by atoms with Crippen molar-refractivity contribution in [1.82, 2.24) is 9.36 Å². The van der Waals surface area contributed by atoms with Crippen LogP contribution in [0.4, 0.5) is 0 Å². The van der Waals surface area contributed by atoms with Gasteiger partial charge in [-0.1, -0.05) is 32.0 Å². The topological polar surface area (TPSA) is 52.1 Å². The van der Waals surface area contributed by atoms with Gasteiger partial charge >= 0.3 is 5.97 Å². The minimum Gasteiger partial charge on any atom is -0.465 e. The van der Waals surface area contributed by atoms with Crippen LogP contribution in [0.25, 0.3) is 0 Å². The van der Waals surface area contributed by atoms with E-state index in [4.69, 9.17) is 4.74 Å². The number of carbonyl (C=O) groups is 1. The number of hydrogen-bond donors (Lipinski definition) is 0. The van der Waals surface area contributed by atoms with Crippen LogP contribution < -0.4 is 0 Å². The van der Waals surface area contributed by atoms with E-state index < -0.39 is 0 Å². The molecule has 0 N–H and O–H groups in total. The molecule has 17 heavy (non-hydrogen) atoms. The summed E-state index contributed by atoms with van der Waals surface area (Å²) >= 11 is 2.83. The van der Waals surface area contributed by atoms with Gasteiger partial charge in [0.25, 0.3) is 0 Å². The van der Waals surface area contributed by atoms with Crippen molar-refractivity contribution < 1.29 is 9.53 Å². The van der Waals surface area contributed by atoms with Crippen LogP contribution in [0.2, 0.25) is 0 Å². The van der Waals surface area contributed by atoms with Crippen LogP contribution in [0, 0.1) is 0 Å². The number of nitrogens with zero attached hydrogens (tertiary/aromatic N) is 2. The number of thioether (sulfide) groups is 1. The van der Waals surface area contributed by atoms with Gasteiger partial charge in [0.2, 0.25) is 0 Å². The smallest absolute Gasteiger partial charge is 0.319 e. The Balaban J connectivity index is 2.62. The summed E-state index contributed by atoms with van der Waals surface area (Å²) < 4.78 is 10.1. The van der Waals surface area contributed by atoms with E-state index in [2.05, 4.69) is 16.3 Å². The molecule has 1 aromatic heterocycles. The van der Waals surface area contributed by atoms with E-state index in [1.807, 2.05) is 13.8 Å². The van der Waals surface area contributed by atoms with E-state index in [1.54, 1.807) is 0 Å². The van der Waals surface area contributed by atoms with E-state index >= 15 is 0 Å². The maximum absolute atomic E-state index is 11.7. The fourth-order valence-electron chi connectivity index (χ4n) is 1.27. The highest BCUT2D eigenvalue weighted by Gasteiger charge is 2.22. The molecule has 0 saturated carbocycles. The summed E-state index contributed by atoms with van der Waals surface area (Å²) in [6.45, 7) is 6.33. The van der Waals surface area contributed by atoms with E-state index in [-0.39, 0.29) is 11.2 Å². The number of ether oxygens (including phenoxy) is 1. The fourth-order valence-corrected chi connectivity index (χ4v) is 3.32. The number of aromatic nitrogens is 2. The molecule has 0 spiro atoms. The molecule has 1 unspecified atom stereocenters. The standard InChI is InChI=1S/C11H18N2O2S2/c1-4-7-8(10(14)15-6-3)16-11-12-9(5-2)13-17-11/h8H,4-7H2,1-3H3. The summed E-state index contributed by atoms with van der Waals surface area (Å²) in [5.41, 5.74) is 0. The van der Waals surface area contributed by atoms with Gasteiger partial charge < -0.3 is 4.74 Å². The van der Waals surface area contributed by atoms with Crippen LogP contribution in [-0.4, -0.2) is 27.2 Å². The summed E-state index contributed by atoms with van der Waals surface area (Å²) in [5, 5.41) is -0.155. The van der Waals surface area contributed by atoms with Crippen molar-refractivity contribution in [3.63, 3.8) is 0 Å². The lowest BCUT2D eigenvalue weighted by Crippen LogP contribution is -2.20. The summed E-state index contributed by atoms with van der Waals surface area (Å²) in [4.78, 5) is 16.1. The third-order valence-corrected chi connectivity index (χ3v) is 4.18. The molecule has 0 aromatic carbocycles. The Morgan fingerprint density at radius 2 is 2.24 bits per heavy atom.